The molecule has 0 amide bonds. The minimum Gasteiger partial charge on any atom is -0.398 e. The summed E-state index contributed by atoms with van der Waals surface area (Å²) >= 11 is 0. The first-order valence-electron chi connectivity index (χ1n) is 5.44. The van der Waals surface area contributed by atoms with Crippen molar-refractivity contribution in [2.24, 2.45) is 5.41 Å². The van der Waals surface area contributed by atoms with Crippen LogP contribution in [0.15, 0.2) is 29.2 Å². The van der Waals surface area contributed by atoms with Crippen molar-refractivity contribution in [2.75, 3.05) is 18.9 Å². The Bertz CT molecular complexity index is 509. The van der Waals surface area contributed by atoms with Crippen molar-refractivity contribution >= 4 is 15.7 Å². The minimum absolute atomic E-state index is 0.0137. The predicted molar refractivity (Wildman–Crippen MR) is 64.8 cm³/mol. The summed E-state index contributed by atoms with van der Waals surface area (Å²) in [4.78, 5) is 0.0914. The van der Waals surface area contributed by atoms with E-state index in [-0.39, 0.29) is 29.1 Å². The molecule has 0 radical (unpaired) electrons. The number of hydrogen-bond acceptors (Lipinski definition) is 4. The van der Waals surface area contributed by atoms with E-state index in [4.69, 9.17) is 10.8 Å². The van der Waals surface area contributed by atoms with E-state index in [0.717, 1.165) is 12.8 Å². The topological polar surface area (TPSA) is 92.4 Å². The van der Waals surface area contributed by atoms with Gasteiger partial charge in [0, 0.05) is 18.6 Å². The molecule has 1 saturated carbocycles. The number of rotatable bonds is 5. The first-order valence-corrected chi connectivity index (χ1v) is 6.92. The molecule has 1 aliphatic rings. The molecule has 0 aliphatic heterocycles. The first kappa shape index (κ1) is 12.3. The number of benzene rings is 1. The number of para-hydroxylation sites is 1. The molecule has 0 aromatic heterocycles. The van der Waals surface area contributed by atoms with Gasteiger partial charge in [0.1, 0.15) is 4.90 Å². The Kier molecular flexibility index (Phi) is 3.11. The van der Waals surface area contributed by atoms with Gasteiger partial charge in [0.25, 0.3) is 0 Å². The van der Waals surface area contributed by atoms with Crippen molar-refractivity contribution in [3.63, 3.8) is 0 Å². The number of nitrogens with two attached hydrogens (primary N) is 1. The van der Waals surface area contributed by atoms with Gasteiger partial charge in [-0.05, 0) is 25.0 Å². The monoisotopic (exact) mass is 256 g/mol. The molecule has 1 aliphatic carbocycles. The minimum atomic E-state index is -3.58. The van der Waals surface area contributed by atoms with Crippen LogP contribution in [0.1, 0.15) is 12.8 Å². The van der Waals surface area contributed by atoms with Gasteiger partial charge in [-0.15, -0.1) is 0 Å². The van der Waals surface area contributed by atoms with Crippen LogP contribution in [-0.2, 0) is 10.0 Å². The Hall–Kier alpha value is -1.11. The maximum atomic E-state index is 12.0. The molecule has 0 spiro atoms. The van der Waals surface area contributed by atoms with Crippen molar-refractivity contribution < 1.29 is 13.5 Å². The average Bonchev–Trinajstić information content (AvgIpc) is 3.08. The number of nitrogens with one attached hydrogen (secondary N) is 1. The maximum Gasteiger partial charge on any atom is 0.242 e. The summed E-state index contributed by atoms with van der Waals surface area (Å²) in [5, 5.41) is 9.12. The van der Waals surface area contributed by atoms with Crippen LogP contribution in [0.25, 0.3) is 0 Å². The fraction of sp³-hybridized carbons (Fsp3) is 0.455. The van der Waals surface area contributed by atoms with Crippen molar-refractivity contribution in [3.05, 3.63) is 24.3 Å². The highest BCUT2D eigenvalue weighted by Crippen LogP contribution is 2.44. The quantitative estimate of drug-likeness (QED) is 0.661. The van der Waals surface area contributed by atoms with Gasteiger partial charge >= 0.3 is 0 Å². The van der Waals surface area contributed by atoms with Crippen LogP contribution in [0.3, 0.4) is 0 Å². The normalized spacial score (nSPS) is 17.9. The van der Waals surface area contributed by atoms with Crippen molar-refractivity contribution in [1.29, 1.82) is 0 Å². The van der Waals surface area contributed by atoms with E-state index in [9.17, 15) is 8.42 Å². The highest BCUT2D eigenvalue weighted by molar-refractivity contribution is 7.89. The fourth-order valence-electron chi connectivity index (χ4n) is 1.62. The van der Waals surface area contributed by atoms with E-state index in [0.29, 0.717) is 0 Å². The maximum absolute atomic E-state index is 12.0. The van der Waals surface area contributed by atoms with Gasteiger partial charge in [0.2, 0.25) is 10.0 Å². The molecule has 6 heteroatoms. The molecule has 0 bridgehead atoms. The molecule has 1 aromatic rings. The Balaban J connectivity index is 2.12. The van der Waals surface area contributed by atoms with Gasteiger partial charge in [-0.2, -0.15) is 0 Å². The van der Waals surface area contributed by atoms with Crippen LogP contribution in [0.2, 0.25) is 0 Å². The van der Waals surface area contributed by atoms with Crippen molar-refractivity contribution in [1.82, 2.24) is 4.72 Å². The summed E-state index contributed by atoms with van der Waals surface area (Å²) < 4.78 is 26.4. The summed E-state index contributed by atoms with van der Waals surface area (Å²) in [6.45, 7) is 0.278. The lowest BCUT2D eigenvalue weighted by Gasteiger charge is -2.13. The van der Waals surface area contributed by atoms with Gasteiger partial charge in [-0.3, -0.25) is 0 Å². The summed E-state index contributed by atoms with van der Waals surface area (Å²) in [6, 6.07) is 6.33. The summed E-state index contributed by atoms with van der Waals surface area (Å²) in [6.07, 6.45) is 1.71. The lowest BCUT2D eigenvalue weighted by atomic mass is 10.1. The zero-order valence-corrected chi connectivity index (χ0v) is 10.2. The van der Waals surface area contributed by atoms with E-state index >= 15 is 0 Å². The molecule has 2 rings (SSSR count). The fourth-order valence-corrected chi connectivity index (χ4v) is 2.91. The van der Waals surface area contributed by atoms with E-state index < -0.39 is 10.0 Å². The SMILES string of the molecule is Nc1ccccc1S(=O)(=O)NCC1(CO)CC1. The number of hydrogen-bond donors (Lipinski definition) is 3. The molecule has 0 saturated heterocycles. The third kappa shape index (κ3) is 2.59. The third-order valence-electron chi connectivity index (χ3n) is 3.14. The molecule has 1 aromatic carbocycles. The van der Waals surface area contributed by atoms with Crippen LogP contribution >= 0.6 is 0 Å². The van der Waals surface area contributed by atoms with E-state index in [1.165, 1.54) is 6.07 Å². The predicted octanol–water partition coefficient (Wildman–Crippen LogP) is 0.320. The van der Waals surface area contributed by atoms with E-state index in [1.54, 1.807) is 18.2 Å². The zero-order valence-electron chi connectivity index (χ0n) is 9.39. The number of nitrogen functional groups attached to an aromatic ring is 1. The molecular formula is C11H16N2O3S. The number of anilines is 1. The van der Waals surface area contributed by atoms with Crippen LogP contribution in [0, 0.1) is 5.41 Å². The lowest BCUT2D eigenvalue weighted by molar-refractivity contribution is 0.213. The van der Waals surface area contributed by atoms with Gasteiger partial charge in [0.15, 0.2) is 0 Å². The second-order valence-electron chi connectivity index (χ2n) is 4.52. The first-order chi connectivity index (χ1) is 7.99. The van der Waals surface area contributed by atoms with Gasteiger partial charge in [-0.1, -0.05) is 12.1 Å². The molecule has 5 nitrogen and oxygen atoms in total. The number of sulfonamides is 1. The molecular weight excluding hydrogens is 240 g/mol. The van der Waals surface area contributed by atoms with Crippen molar-refractivity contribution in [2.45, 2.75) is 17.7 Å². The zero-order chi connectivity index (χ0) is 12.5. The molecule has 1 fully saturated rings. The molecule has 0 heterocycles. The third-order valence-corrected chi connectivity index (χ3v) is 4.61. The molecule has 94 valence electrons. The van der Waals surface area contributed by atoms with Crippen LogP contribution in [0.5, 0.6) is 0 Å². The largest absolute Gasteiger partial charge is 0.398 e. The van der Waals surface area contributed by atoms with Crippen LogP contribution < -0.4 is 10.5 Å². The highest BCUT2D eigenvalue weighted by atomic mass is 32.2. The summed E-state index contributed by atoms with van der Waals surface area (Å²) in [5.41, 5.74) is 5.60. The van der Waals surface area contributed by atoms with Crippen LogP contribution in [-0.4, -0.2) is 26.7 Å². The average molecular weight is 256 g/mol. The summed E-state index contributed by atoms with van der Waals surface area (Å²) in [5.74, 6) is 0. The Labute approximate surface area is 101 Å². The highest BCUT2D eigenvalue weighted by Gasteiger charge is 2.42. The second kappa shape index (κ2) is 4.29. The Morgan fingerprint density at radius 3 is 2.53 bits per heavy atom. The molecule has 4 N–H and O–H groups in total. The standard InChI is InChI=1S/C11H16N2O3S/c12-9-3-1-2-4-10(9)17(15,16)13-7-11(8-14)5-6-11/h1-4,13-14H,5-8,12H2. The van der Waals surface area contributed by atoms with Gasteiger partial charge < -0.3 is 10.8 Å². The summed E-state index contributed by atoms with van der Waals surface area (Å²) in [7, 11) is -3.58. The molecule has 17 heavy (non-hydrogen) atoms. The molecule has 0 atom stereocenters. The number of aliphatic hydroxyl groups is 1. The van der Waals surface area contributed by atoms with Gasteiger partial charge in [0.05, 0.1) is 5.69 Å². The second-order valence-corrected chi connectivity index (χ2v) is 6.26. The van der Waals surface area contributed by atoms with E-state index in [1.807, 2.05) is 0 Å². The lowest BCUT2D eigenvalue weighted by Crippen LogP contribution is -2.32. The number of aliphatic hydroxyl groups excluding tert-OH is 1. The Morgan fingerprint density at radius 2 is 2.00 bits per heavy atom. The van der Waals surface area contributed by atoms with Crippen molar-refractivity contribution in [3.8, 4) is 0 Å². The van der Waals surface area contributed by atoms with Gasteiger partial charge in [-0.25, -0.2) is 13.1 Å². The molecule has 0 unspecified atom stereocenters. The Morgan fingerprint density at radius 1 is 1.35 bits per heavy atom. The van der Waals surface area contributed by atoms with Crippen LogP contribution in [0.4, 0.5) is 5.69 Å². The smallest absolute Gasteiger partial charge is 0.242 e. The van der Waals surface area contributed by atoms with E-state index in [2.05, 4.69) is 4.72 Å².